The minimum Gasteiger partial charge on any atom is -0.444 e. The van der Waals surface area contributed by atoms with Gasteiger partial charge < -0.3 is 4.74 Å². The van der Waals surface area contributed by atoms with Crippen LogP contribution in [-0.2, 0) is 9.53 Å². The molecule has 0 unspecified atom stereocenters. The minimum absolute atomic E-state index is 0.184. The highest BCUT2D eigenvalue weighted by Gasteiger charge is 2.36. The van der Waals surface area contributed by atoms with Crippen molar-refractivity contribution < 1.29 is 14.3 Å². The third kappa shape index (κ3) is 5.73. The van der Waals surface area contributed by atoms with E-state index in [1.165, 1.54) is 11.8 Å². The van der Waals surface area contributed by atoms with E-state index in [0.29, 0.717) is 28.7 Å². The summed E-state index contributed by atoms with van der Waals surface area (Å²) in [7, 11) is 0. The first-order valence-electron chi connectivity index (χ1n) is 9.18. The molecule has 1 aromatic rings. The molecule has 26 heavy (non-hydrogen) atoms. The lowest BCUT2D eigenvalue weighted by Crippen LogP contribution is -2.32. The van der Waals surface area contributed by atoms with Crippen molar-refractivity contribution in [2.24, 2.45) is 11.8 Å². The van der Waals surface area contributed by atoms with E-state index in [0.717, 1.165) is 18.4 Å². The molecule has 1 heterocycles. The van der Waals surface area contributed by atoms with Gasteiger partial charge in [0.05, 0.1) is 11.9 Å². The molecule has 2 rings (SSSR count). The zero-order valence-electron chi connectivity index (χ0n) is 16.5. The van der Waals surface area contributed by atoms with E-state index >= 15 is 0 Å². The van der Waals surface area contributed by atoms with Crippen molar-refractivity contribution in [2.45, 2.75) is 71.2 Å². The molecular weight excluding hydrogens is 348 g/mol. The summed E-state index contributed by atoms with van der Waals surface area (Å²) >= 11 is 1.47. The lowest BCUT2D eigenvalue weighted by Gasteiger charge is -2.39. The molecule has 5 nitrogen and oxygen atoms in total. The van der Waals surface area contributed by atoms with Crippen LogP contribution >= 0.6 is 11.8 Å². The van der Waals surface area contributed by atoms with Crippen LogP contribution < -0.4 is 5.32 Å². The Morgan fingerprint density at radius 3 is 2.38 bits per heavy atom. The topological polar surface area (TPSA) is 68.3 Å². The summed E-state index contributed by atoms with van der Waals surface area (Å²) in [6.45, 7) is 11.6. The average Bonchev–Trinajstić information content (AvgIpc) is 2.49. The van der Waals surface area contributed by atoms with E-state index in [1.807, 2.05) is 26.8 Å². The standard InChI is InChI=1S/C20H30N2O3S/c1-12-9-15(10-13(2)18(12)26-14(3)23)16-7-8-21-11-17(16)22-19(24)25-20(4,5)6/h7-8,11-13,15,18H,9-10H2,1-6H3,(H,22,24)/t12-,13+,15+,18-. The number of thioether (sulfide) groups is 1. The number of ether oxygens (including phenoxy) is 1. The summed E-state index contributed by atoms with van der Waals surface area (Å²) in [6, 6.07) is 1.98. The SMILES string of the molecule is CC(=O)S[C@@H]1[C@H](C)C[C@H](c2ccncc2NC(=O)OC(C)(C)C)C[C@@H]1C. The van der Waals surface area contributed by atoms with E-state index in [-0.39, 0.29) is 5.12 Å². The van der Waals surface area contributed by atoms with Crippen molar-refractivity contribution in [3.8, 4) is 0 Å². The van der Waals surface area contributed by atoms with E-state index in [1.54, 1.807) is 19.3 Å². The third-order valence-electron chi connectivity index (χ3n) is 4.67. The van der Waals surface area contributed by atoms with E-state index < -0.39 is 11.7 Å². The van der Waals surface area contributed by atoms with Gasteiger partial charge in [0.2, 0.25) is 0 Å². The Morgan fingerprint density at radius 2 is 1.85 bits per heavy atom. The fourth-order valence-corrected chi connectivity index (χ4v) is 4.85. The van der Waals surface area contributed by atoms with Gasteiger partial charge in [-0.2, -0.15) is 0 Å². The molecule has 1 aliphatic carbocycles. The van der Waals surface area contributed by atoms with Crippen LogP contribution in [0.5, 0.6) is 0 Å². The molecule has 1 aromatic heterocycles. The molecule has 0 radical (unpaired) electrons. The van der Waals surface area contributed by atoms with Gasteiger partial charge in [0.25, 0.3) is 0 Å². The monoisotopic (exact) mass is 378 g/mol. The van der Waals surface area contributed by atoms with Gasteiger partial charge in [-0.05, 0) is 63.0 Å². The first-order chi connectivity index (χ1) is 12.1. The number of nitrogens with one attached hydrogen (secondary N) is 1. The second-order valence-corrected chi connectivity index (χ2v) is 9.64. The molecule has 1 amide bonds. The van der Waals surface area contributed by atoms with Crippen LogP contribution in [0.1, 0.15) is 65.9 Å². The molecule has 6 heteroatoms. The first-order valence-corrected chi connectivity index (χ1v) is 10.1. The Bertz CT molecular complexity index is 645. The van der Waals surface area contributed by atoms with Crippen LogP contribution in [0.25, 0.3) is 0 Å². The maximum atomic E-state index is 12.2. The lowest BCUT2D eigenvalue weighted by atomic mass is 9.73. The summed E-state index contributed by atoms with van der Waals surface area (Å²) in [5.74, 6) is 1.19. The molecule has 144 valence electrons. The normalized spacial score (nSPS) is 26.2. The first kappa shape index (κ1) is 20.7. The fraction of sp³-hybridized carbons (Fsp3) is 0.650. The van der Waals surface area contributed by atoms with E-state index in [9.17, 15) is 9.59 Å². The van der Waals surface area contributed by atoms with Gasteiger partial charge in [0.15, 0.2) is 5.12 Å². The zero-order chi connectivity index (χ0) is 19.5. The van der Waals surface area contributed by atoms with Crippen molar-refractivity contribution in [1.29, 1.82) is 0 Å². The molecule has 1 aliphatic rings. The van der Waals surface area contributed by atoms with Crippen molar-refractivity contribution >= 4 is 28.7 Å². The van der Waals surface area contributed by atoms with Gasteiger partial charge in [0.1, 0.15) is 5.60 Å². The van der Waals surface area contributed by atoms with Crippen LogP contribution in [-0.4, -0.2) is 27.0 Å². The Balaban J connectivity index is 2.15. The zero-order valence-corrected chi connectivity index (χ0v) is 17.4. The largest absolute Gasteiger partial charge is 0.444 e. The highest BCUT2D eigenvalue weighted by molar-refractivity contribution is 8.14. The van der Waals surface area contributed by atoms with Crippen LogP contribution in [0.4, 0.5) is 10.5 Å². The predicted molar refractivity (Wildman–Crippen MR) is 106 cm³/mol. The van der Waals surface area contributed by atoms with Gasteiger partial charge in [-0.15, -0.1) is 0 Å². The van der Waals surface area contributed by atoms with Crippen LogP contribution in [0.2, 0.25) is 0 Å². The van der Waals surface area contributed by atoms with Gasteiger partial charge in [0, 0.05) is 18.4 Å². The highest BCUT2D eigenvalue weighted by Crippen LogP contribution is 2.45. The molecule has 0 aliphatic heterocycles. The molecule has 1 N–H and O–H groups in total. The smallest absolute Gasteiger partial charge is 0.412 e. The Hall–Kier alpha value is -1.56. The molecule has 0 saturated heterocycles. The molecule has 4 atom stereocenters. The summed E-state index contributed by atoms with van der Waals surface area (Å²) in [5.41, 5.74) is 1.26. The van der Waals surface area contributed by atoms with Gasteiger partial charge in [-0.3, -0.25) is 15.1 Å². The van der Waals surface area contributed by atoms with Gasteiger partial charge in [-0.1, -0.05) is 25.6 Å². The van der Waals surface area contributed by atoms with Crippen molar-refractivity contribution in [3.63, 3.8) is 0 Å². The third-order valence-corrected chi connectivity index (χ3v) is 6.20. The van der Waals surface area contributed by atoms with Crippen molar-refractivity contribution in [1.82, 2.24) is 4.98 Å². The minimum atomic E-state index is -0.544. The van der Waals surface area contributed by atoms with Crippen LogP contribution in [0.15, 0.2) is 18.5 Å². The number of aromatic nitrogens is 1. The second kappa shape index (κ2) is 8.42. The van der Waals surface area contributed by atoms with E-state index in [4.69, 9.17) is 4.74 Å². The molecule has 0 aromatic carbocycles. The number of nitrogens with zero attached hydrogens (tertiary/aromatic N) is 1. The molecule has 0 spiro atoms. The number of rotatable bonds is 3. The number of hydrogen-bond donors (Lipinski definition) is 1. The number of carbonyl (C=O) groups is 2. The molecule has 0 bridgehead atoms. The number of amides is 1. The predicted octanol–water partition coefficient (Wildman–Crippen LogP) is 5.23. The van der Waals surface area contributed by atoms with Crippen LogP contribution in [0.3, 0.4) is 0 Å². The van der Waals surface area contributed by atoms with Crippen molar-refractivity contribution in [2.75, 3.05) is 5.32 Å². The second-order valence-electron chi connectivity index (χ2n) is 8.29. The molecule has 1 fully saturated rings. The lowest BCUT2D eigenvalue weighted by molar-refractivity contribution is -0.109. The summed E-state index contributed by atoms with van der Waals surface area (Å²) in [4.78, 5) is 27.9. The maximum absolute atomic E-state index is 12.2. The molecule has 1 saturated carbocycles. The number of anilines is 1. The highest BCUT2D eigenvalue weighted by atomic mass is 32.2. The van der Waals surface area contributed by atoms with Gasteiger partial charge in [-0.25, -0.2) is 4.79 Å². The average molecular weight is 379 g/mol. The number of pyridine rings is 1. The maximum Gasteiger partial charge on any atom is 0.412 e. The van der Waals surface area contributed by atoms with Crippen LogP contribution in [0, 0.1) is 11.8 Å². The Morgan fingerprint density at radius 1 is 1.23 bits per heavy atom. The Kier molecular flexibility index (Phi) is 6.72. The molecular formula is C20H30N2O3S. The number of carbonyl (C=O) groups excluding carboxylic acids is 2. The van der Waals surface area contributed by atoms with Gasteiger partial charge >= 0.3 is 6.09 Å². The van der Waals surface area contributed by atoms with Crippen molar-refractivity contribution in [3.05, 3.63) is 24.0 Å². The summed E-state index contributed by atoms with van der Waals surface area (Å²) < 4.78 is 5.37. The quantitative estimate of drug-likeness (QED) is 0.780. The van der Waals surface area contributed by atoms with E-state index in [2.05, 4.69) is 24.1 Å². The summed E-state index contributed by atoms with van der Waals surface area (Å²) in [5, 5.41) is 3.39. The fourth-order valence-electron chi connectivity index (χ4n) is 3.78. The number of hydrogen-bond acceptors (Lipinski definition) is 5. The Labute approximate surface area is 160 Å². The summed E-state index contributed by atoms with van der Waals surface area (Å²) in [6.07, 6.45) is 4.96.